The van der Waals surface area contributed by atoms with Crippen molar-refractivity contribution in [3.63, 3.8) is 0 Å². The Morgan fingerprint density at radius 2 is 1.55 bits per heavy atom. The van der Waals surface area contributed by atoms with Gasteiger partial charge >= 0.3 is 11.9 Å². The molecule has 0 aromatic heterocycles. The first-order chi connectivity index (χ1) is 10.7. The summed E-state index contributed by atoms with van der Waals surface area (Å²) in [6.45, 7) is 0. The van der Waals surface area contributed by atoms with E-state index in [1.54, 1.807) is 24.3 Å². The average molecular weight is 298 g/mol. The van der Waals surface area contributed by atoms with Crippen molar-refractivity contribution in [3.05, 3.63) is 71.3 Å². The number of rotatable bonds is 5. The number of carbonyl (C=O) groups excluding carboxylic acids is 2. The quantitative estimate of drug-likeness (QED) is 0.796. The lowest BCUT2D eigenvalue weighted by Crippen LogP contribution is -2.20. The fraction of sp³-hybridized carbons (Fsp3) is 0.222. The highest BCUT2D eigenvalue weighted by molar-refractivity contribution is 5.93. The molecule has 0 amide bonds. The maximum atomic E-state index is 12.2. The van der Waals surface area contributed by atoms with E-state index in [1.165, 1.54) is 14.2 Å². The Labute approximate surface area is 129 Å². The monoisotopic (exact) mass is 298 g/mol. The van der Waals surface area contributed by atoms with E-state index in [4.69, 9.17) is 9.47 Å². The van der Waals surface area contributed by atoms with E-state index in [-0.39, 0.29) is 5.97 Å². The summed E-state index contributed by atoms with van der Waals surface area (Å²) in [6, 6.07) is 16.6. The Morgan fingerprint density at radius 1 is 0.909 bits per heavy atom. The molecule has 4 heteroatoms. The van der Waals surface area contributed by atoms with Crippen LogP contribution in [-0.2, 0) is 20.7 Å². The molecule has 114 valence electrons. The smallest absolute Gasteiger partial charge is 0.338 e. The molecule has 2 aromatic carbocycles. The number of hydrogen-bond donors (Lipinski definition) is 0. The van der Waals surface area contributed by atoms with Crippen LogP contribution in [0.4, 0.5) is 0 Å². The molecule has 0 aliphatic rings. The van der Waals surface area contributed by atoms with Gasteiger partial charge in [0.2, 0.25) is 0 Å². The zero-order valence-corrected chi connectivity index (χ0v) is 12.6. The van der Waals surface area contributed by atoms with Crippen LogP contribution in [-0.4, -0.2) is 26.2 Å². The van der Waals surface area contributed by atoms with Gasteiger partial charge in [-0.15, -0.1) is 0 Å². The van der Waals surface area contributed by atoms with Crippen molar-refractivity contribution in [2.24, 2.45) is 0 Å². The van der Waals surface area contributed by atoms with E-state index >= 15 is 0 Å². The van der Waals surface area contributed by atoms with E-state index in [1.807, 2.05) is 30.3 Å². The number of methoxy groups -OCH3 is 2. The standard InChI is InChI=1S/C18H18O4/c1-21-17(19)15-11-7-6-10-14(15)16(18(20)22-2)12-13-8-4-3-5-9-13/h3-11,16H,12H2,1-2H3. The molecule has 0 aliphatic heterocycles. The van der Waals surface area contributed by atoms with Gasteiger partial charge < -0.3 is 9.47 Å². The molecule has 0 N–H and O–H groups in total. The summed E-state index contributed by atoms with van der Waals surface area (Å²) in [5.41, 5.74) is 2.00. The number of benzene rings is 2. The summed E-state index contributed by atoms with van der Waals surface area (Å²) in [4.78, 5) is 24.1. The van der Waals surface area contributed by atoms with Crippen molar-refractivity contribution in [1.29, 1.82) is 0 Å². The summed E-state index contributed by atoms with van der Waals surface area (Å²) in [7, 11) is 2.67. The predicted octanol–water partition coefficient (Wildman–Crippen LogP) is 2.97. The second-order valence-corrected chi connectivity index (χ2v) is 4.84. The number of hydrogen-bond acceptors (Lipinski definition) is 4. The third kappa shape index (κ3) is 3.52. The fourth-order valence-electron chi connectivity index (χ4n) is 2.41. The molecule has 4 nitrogen and oxygen atoms in total. The van der Waals surface area contributed by atoms with Crippen molar-refractivity contribution < 1.29 is 19.1 Å². The van der Waals surface area contributed by atoms with Crippen LogP contribution in [0.1, 0.15) is 27.4 Å². The Morgan fingerprint density at radius 3 is 2.18 bits per heavy atom. The molecule has 0 saturated carbocycles. The van der Waals surface area contributed by atoms with Gasteiger partial charge in [0.15, 0.2) is 0 Å². The lowest BCUT2D eigenvalue weighted by atomic mass is 9.88. The summed E-state index contributed by atoms with van der Waals surface area (Å²) in [6.07, 6.45) is 0.460. The Bertz CT molecular complexity index is 649. The Kier molecular flexibility index (Phi) is 5.31. The van der Waals surface area contributed by atoms with E-state index < -0.39 is 11.9 Å². The molecule has 0 saturated heterocycles. The van der Waals surface area contributed by atoms with Gasteiger partial charge in [-0.1, -0.05) is 48.5 Å². The van der Waals surface area contributed by atoms with Crippen LogP contribution in [0.15, 0.2) is 54.6 Å². The molecule has 0 bridgehead atoms. The van der Waals surface area contributed by atoms with Gasteiger partial charge in [-0.25, -0.2) is 4.79 Å². The maximum Gasteiger partial charge on any atom is 0.338 e. The van der Waals surface area contributed by atoms with E-state index in [2.05, 4.69) is 0 Å². The maximum absolute atomic E-state index is 12.2. The van der Waals surface area contributed by atoms with Crippen LogP contribution in [0.3, 0.4) is 0 Å². The normalized spacial score (nSPS) is 11.5. The number of esters is 2. The summed E-state index contributed by atoms with van der Waals surface area (Å²) in [5.74, 6) is -1.39. The highest BCUT2D eigenvalue weighted by Crippen LogP contribution is 2.26. The van der Waals surface area contributed by atoms with Crippen molar-refractivity contribution in [2.75, 3.05) is 14.2 Å². The molecule has 1 unspecified atom stereocenters. The molecular formula is C18H18O4. The van der Waals surface area contributed by atoms with Gasteiger partial charge in [-0.05, 0) is 23.6 Å². The van der Waals surface area contributed by atoms with E-state index in [0.29, 0.717) is 17.5 Å². The van der Waals surface area contributed by atoms with Crippen LogP contribution in [0.2, 0.25) is 0 Å². The molecular weight excluding hydrogens is 280 g/mol. The van der Waals surface area contributed by atoms with Gasteiger partial charge in [0.05, 0.1) is 25.7 Å². The minimum atomic E-state index is -0.553. The average Bonchev–Trinajstić information content (AvgIpc) is 2.59. The molecule has 0 fully saturated rings. The van der Waals surface area contributed by atoms with Gasteiger partial charge in [0.25, 0.3) is 0 Å². The summed E-state index contributed by atoms with van der Waals surface area (Å²) in [5, 5.41) is 0. The molecule has 22 heavy (non-hydrogen) atoms. The van der Waals surface area contributed by atoms with Gasteiger partial charge in [0, 0.05) is 0 Å². The Balaban J connectivity index is 2.42. The van der Waals surface area contributed by atoms with Crippen LogP contribution in [0.5, 0.6) is 0 Å². The first-order valence-corrected chi connectivity index (χ1v) is 6.96. The van der Waals surface area contributed by atoms with Crippen molar-refractivity contribution in [1.82, 2.24) is 0 Å². The molecule has 0 radical (unpaired) electrons. The molecule has 0 spiro atoms. The predicted molar refractivity (Wildman–Crippen MR) is 82.7 cm³/mol. The largest absolute Gasteiger partial charge is 0.469 e. The lowest BCUT2D eigenvalue weighted by molar-refractivity contribution is -0.142. The minimum absolute atomic E-state index is 0.375. The minimum Gasteiger partial charge on any atom is -0.469 e. The molecule has 2 aromatic rings. The second kappa shape index (κ2) is 7.41. The number of carbonyl (C=O) groups is 2. The SMILES string of the molecule is COC(=O)c1ccccc1C(Cc1ccccc1)C(=O)OC. The van der Waals surface area contributed by atoms with Crippen LogP contribution in [0.25, 0.3) is 0 Å². The summed E-state index contributed by atoms with van der Waals surface area (Å²) < 4.78 is 9.72. The zero-order chi connectivity index (χ0) is 15.9. The first kappa shape index (κ1) is 15.8. The van der Waals surface area contributed by atoms with Gasteiger partial charge in [-0.3, -0.25) is 4.79 Å². The second-order valence-electron chi connectivity index (χ2n) is 4.84. The van der Waals surface area contributed by atoms with E-state index in [0.717, 1.165) is 5.56 Å². The van der Waals surface area contributed by atoms with Crippen LogP contribution < -0.4 is 0 Å². The van der Waals surface area contributed by atoms with Crippen molar-refractivity contribution in [3.8, 4) is 0 Å². The first-order valence-electron chi connectivity index (χ1n) is 6.96. The topological polar surface area (TPSA) is 52.6 Å². The zero-order valence-electron chi connectivity index (χ0n) is 12.6. The van der Waals surface area contributed by atoms with Crippen LogP contribution >= 0.6 is 0 Å². The van der Waals surface area contributed by atoms with Crippen molar-refractivity contribution in [2.45, 2.75) is 12.3 Å². The van der Waals surface area contributed by atoms with Crippen LogP contribution in [0, 0.1) is 0 Å². The lowest BCUT2D eigenvalue weighted by Gasteiger charge is -2.17. The van der Waals surface area contributed by atoms with Crippen molar-refractivity contribution >= 4 is 11.9 Å². The molecule has 1 atom stereocenters. The van der Waals surface area contributed by atoms with E-state index in [9.17, 15) is 9.59 Å². The third-order valence-electron chi connectivity index (χ3n) is 3.51. The Hall–Kier alpha value is -2.62. The molecule has 0 heterocycles. The summed E-state index contributed by atoms with van der Waals surface area (Å²) >= 11 is 0. The highest BCUT2D eigenvalue weighted by Gasteiger charge is 2.26. The fourth-order valence-corrected chi connectivity index (χ4v) is 2.41. The molecule has 0 aliphatic carbocycles. The third-order valence-corrected chi connectivity index (χ3v) is 3.51. The number of ether oxygens (including phenoxy) is 2. The van der Waals surface area contributed by atoms with Gasteiger partial charge in [-0.2, -0.15) is 0 Å². The molecule has 2 rings (SSSR count). The highest BCUT2D eigenvalue weighted by atomic mass is 16.5. The van der Waals surface area contributed by atoms with Gasteiger partial charge in [0.1, 0.15) is 0 Å².